The topological polar surface area (TPSA) is 111 Å². The molecule has 0 saturated carbocycles. The van der Waals surface area contributed by atoms with Crippen molar-refractivity contribution in [3.63, 3.8) is 0 Å². The summed E-state index contributed by atoms with van der Waals surface area (Å²) < 4.78 is 7.11. The minimum atomic E-state index is -0.328. The van der Waals surface area contributed by atoms with Crippen molar-refractivity contribution in [2.75, 3.05) is 0 Å². The van der Waals surface area contributed by atoms with Crippen LogP contribution in [0.5, 0.6) is 0 Å². The normalized spacial score (nSPS) is 13.4. The summed E-state index contributed by atoms with van der Waals surface area (Å²) in [5, 5.41) is 40.8. The number of aliphatic imine (C=N–C) groups is 1. The lowest BCUT2D eigenvalue weighted by molar-refractivity contribution is 0.780. The molecule has 1 aliphatic heterocycles. The number of nitrogens with one attached hydrogen (secondary N) is 1. The molecule has 0 fully saturated rings. The highest BCUT2D eigenvalue weighted by Gasteiger charge is 2.23. The molecule has 4 heterocycles. The first-order valence-electron chi connectivity index (χ1n) is 24.8. The van der Waals surface area contributed by atoms with Gasteiger partial charge in [0, 0.05) is 60.5 Å². The van der Waals surface area contributed by atoms with E-state index in [9.17, 15) is 15.8 Å². The number of amidine groups is 1. The van der Waals surface area contributed by atoms with Crippen molar-refractivity contribution in [1.82, 2.24) is 19.0 Å². The summed E-state index contributed by atoms with van der Waals surface area (Å²) >= 11 is 0. The Bertz CT molecular complexity index is 4450. The first kappa shape index (κ1) is 43.1. The highest BCUT2D eigenvalue weighted by Crippen LogP contribution is 2.40. The minimum Gasteiger partial charge on any atom is -0.359 e. The molecule has 10 aromatic carbocycles. The van der Waals surface area contributed by atoms with Crippen LogP contribution in [-0.4, -0.2) is 19.5 Å². The van der Waals surface area contributed by atoms with E-state index in [1.54, 1.807) is 18.2 Å². The predicted octanol–water partition coefficient (Wildman–Crippen LogP) is 15.4. The number of benzene rings is 10. The van der Waals surface area contributed by atoms with Crippen LogP contribution in [-0.2, 0) is 0 Å². The lowest BCUT2D eigenvalue weighted by Crippen LogP contribution is -2.31. The van der Waals surface area contributed by atoms with Gasteiger partial charge in [-0.1, -0.05) is 121 Å². The Kier molecular flexibility index (Phi) is 9.91. The number of rotatable bonds is 7. The minimum absolute atomic E-state index is 0.328. The molecule has 0 saturated heterocycles. The molecule has 8 nitrogen and oxygen atoms in total. The van der Waals surface area contributed by atoms with Gasteiger partial charge in [-0.05, 0) is 126 Å². The lowest BCUT2D eigenvalue weighted by atomic mass is 9.95. The van der Waals surface area contributed by atoms with Gasteiger partial charge in [-0.15, -0.1) is 0 Å². The fourth-order valence-electron chi connectivity index (χ4n) is 11.4. The van der Waals surface area contributed by atoms with Crippen molar-refractivity contribution < 1.29 is 0 Å². The number of nitriles is 3. The van der Waals surface area contributed by atoms with E-state index in [2.05, 4.69) is 195 Å². The van der Waals surface area contributed by atoms with E-state index >= 15 is 0 Å². The molecule has 1 unspecified atom stereocenters. The third-order valence-corrected chi connectivity index (χ3v) is 14.8. The zero-order valence-electron chi connectivity index (χ0n) is 40.1. The maximum atomic E-state index is 10.7. The highest BCUT2D eigenvalue weighted by atomic mass is 15.1. The number of hydrogen-bond acceptors (Lipinski definition) is 5. The third kappa shape index (κ3) is 7.00. The van der Waals surface area contributed by atoms with E-state index in [1.165, 1.54) is 21.5 Å². The molecule has 13 aromatic rings. The molecule has 0 spiro atoms. The van der Waals surface area contributed by atoms with Gasteiger partial charge >= 0.3 is 0 Å². The Labute approximate surface area is 431 Å². The van der Waals surface area contributed by atoms with Crippen LogP contribution >= 0.6 is 0 Å². The quantitative estimate of drug-likeness (QED) is 0.171. The van der Waals surface area contributed by atoms with E-state index in [0.29, 0.717) is 28.2 Å². The van der Waals surface area contributed by atoms with Gasteiger partial charge in [0.1, 0.15) is 5.84 Å². The number of hydrogen-bond donors (Lipinski definition) is 1. The molecule has 14 rings (SSSR count). The van der Waals surface area contributed by atoms with E-state index in [4.69, 9.17) is 4.99 Å². The molecule has 0 aliphatic carbocycles. The van der Waals surface area contributed by atoms with Crippen LogP contribution in [0.3, 0.4) is 0 Å². The largest absolute Gasteiger partial charge is 0.359 e. The first-order chi connectivity index (χ1) is 37.0. The Hall–Kier alpha value is -10.7. The Morgan fingerprint density at radius 1 is 0.373 bits per heavy atom. The molecule has 0 bridgehead atoms. The summed E-state index contributed by atoms with van der Waals surface area (Å²) in [5.74, 6) is 0.589. The van der Waals surface area contributed by atoms with Crippen LogP contribution < -0.4 is 5.32 Å². The van der Waals surface area contributed by atoms with Crippen molar-refractivity contribution in [3.05, 3.63) is 264 Å². The lowest BCUT2D eigenvalue weighted by Gasteiger charge is -2.25. The first-order valence-corrected chi connectivity index (χ1v) is 24.8. The molecule has 1 aliphatic rings. The number of para-hydroxylation sites is 4. The maximum Gasteiger partial charge on any atom is 0.134 e. The summed E-state index contributed by atoms with van der Waals surface area (Å²) in [6, 6.07) is 84.0. The van der Waals surface area contributed by atoms with Gasteiger partial charge in [0.15, 0.2) is 0 Å². The number of aromatic nitrogens is 3. The van der Waals surface area contributed by atoms with Gasteiger partial charge in [-0.3, -0.25) is 0 Å². The van der Waals surface area contributed by atoms with Crippen LogP contribution in [0, 0.1) is 34.0 Å². The maximum absolute atomic E-state index is 10.7. The molecular formula is C67H40N8. The Morgan fingerprint density at radius 2 is 0.853 bits per heavy atom. The monoisotopic (exact) mass is 956 g/mol. The number of nitrogens with zero attached hydrogens (tertiary/aromatic N) is 7. The van der Waals surface area contributed by atoms with E-state index < -0.39 is 0 Å². The molecule has 348 valence electrons. The molecule has 3 aromatic heterocycles. The van der Waals surface area contributed by atoms with Crippen LogP contribution in [0.4, 0.5) is 0 Å². The van der Waals surface area contributed by atoms with Crippen molar-refractivity contribution in [2.24, 2.45) is 4.99 Å². The molecular weight excluding hydrogens is 917 g/mol. The Morgan fingerprint density at radius 3 is 1.40 bits per heavy atom. The van der Waals surface area contributed by atoms with Crippen molar-refractivity contribution >= 4 is 77.0 Å². The summed E-state index contributed by atoms with van der Waals surface area (Å²) in [7, 11) is 0. The Balaban J connectivity index is 0.892. The zero-order chi connectivity index (χ0) is 50.1. The summed E-state index contributed by atoms with van der Waals surface area (Å²) in [5.41, 5.74) is 16.4. The van der Waals surface area contributed by atoms with Gasteiger partial charge in [-0.2, -0.15) is 15.8 Å². The van der Waals surface area contributed by atoms with E-state index in [-0.39, 0.29) is 6.04 Å². The summed E-state index contributed by atoms with van der Waals surface area (Å²) in [6.45, 7) is 0. The van der Waals surface area contributed by atoms with E-state index in [0.717, 1.165) is 88.8 Å². The van der Waals surface area contributed by atoms with E-state index in [1.807, 2.05) is 54.6 Å². The van der Waals surface area contributed by atoms with Gasteiger partial charge in [0.2, 0.25) is 0 Å². The van der Waals surface area contributed by atoms with Gasteiger partial charge in [-0.25, -0.2) is 4.99 Å². The fourth-order valence-corrected chi connectivity index (χ4v) is 11.4. The van der Waals surface area contributed by atoms with Crippen LogP contribution in [0.1, 0.15) is 39.4 Å². The summed E-state index contributed by atoms with van der Waals surface area (Å²) in [6.07, 6.45) is 2.02. The second kappa shape index (κ2) is 17.3. The smallest absolute Gasteiger partial charge is 0.134 e. The standard InChI is InChI=1S/C67H40N8/c68-39-42-11-9-13-45(33-42)59-38-60(72-67(71-59)47-14-10-12-43(34-47)40-69)46-25-30-52(48(35-46)41-70)44-23-26-49(27-24-44)73-65-31-28-50(74-61-19-5-1-15-53(61)54-16-2-6-20-62(54)74)36-57(65)58-37-51(29-32-66(58)73)75-63-21-7-3-17-55(63)56-18-4-8-22-64(56)75/h1-38,59H,(H,71,72). The average Bonchev–Trinajstić information content (AvgIpc) is 4.15. The molecule has 1 atom stereocenters. The zero-order valence-corrected chi connectivity index (χ0v) is 40.1. The second-order valence-electron chi connectivity index (χ2n) is 19.0. The second-order valence-corrected chi connectivity index (χ2v) is 19.0. The molecule has 0 radical (unpaired) electrons. The van der Waals surface area contributed by atoms with Crippen molar-refractivity contribution in [1.29, 1.82) is 15.8 Å². The van der Waals surface area contributed by atoms with Crippen molar-refractivity contribution in [3.8, 4) is 46.4 Å². The number of fused-ring (bicyclic) bond motifs is 9. The van der Waals surface area contributed by atoms with Crippen LogP contribution in [0.25, 0.3) is 99.3 Å². The highest BCUT2D eigenvalue weighted by molar-refractivity contribution is 6.14. The van der Waals surface area contributed by atoms with Crippen molar-refractivity contribution in [2.45, 2.75) is 6.04 Å². The fraction of sp³-hybridized carbons (Fsp3) is 0.0149. The SMILES string of the molecule is N#Cc1cccc(C2=NC(c3ccc(-c4ccc(-n5c6ccc(-n7c8ccccc8c8ccccc87)cc6c6cc(-n7c8ccccc8c8ccccc87)ccc65)cc4)c(C#N)c3)=CC(c3cccc(C#N)c3)N2)c1. The van der Waals surface area contributed by atoms with Gasteiger partial charge in [0.05, 0.1) is 79.7 Å². The molecule has 8 heteroatoms. The molecule has 75 heavy (non-hydrogen) atoms. The van der Waals surface area contributed by atoms with Crippen LogP contribution in [0.15, 0.2) is 236 Å². The van der Waals surface area contributed by atoms with Gasteiger partial charge in [0.25, 0.3) is 0 Å². The summed E-state index contributed by atoms with van der Waals surface area (Å²) in [4.78, 5) is 5.05. The van der Waals surface area contributed by atoms with Crippen LogP contribution in [0.2, 0.25) is 0 Å². The van der Waals surface area contributed by atoms with Gasteiger partial charge < -0.3 is 19.0 Å². The predicted molar refractivity (Wildman–Crippen MR) is 302 cm³/mol. The third-order valence-electron chi connectivity index (χ3n) is 14.8. The molecule has 0 amide bonds. The average molecular weight is 957 g/mol. The molecule has 1 N–H and O–H groups in total.